The normalized spacial score (nSPS) is 10.9. The first-order chi connectivity index (χ1) is 21.0. The third-order valence-electron chi connectivity index (χ3n) is 7.47. The van der Waals surface area contributed by atoms with Crippen molar-refractivity contribution in [1.82, 2.24) is 4.98 Å². The van der Waals surface area contributed by atoms with Gasteiger partial charge in [-0.1, -0.05) is 71.3 Å². The van der Waals surface area contributed by atoms with Gasteiger partial charge in [0.1, 0.15) is 5.75 Å². The SMILES string of the molecule is CCOc1ccc(-c2cc(-c3ccc(N(c4ccc(C)cc4)c4ccc(C)cc4)cc3)cc(-c3ccc(Cl)cc3)n2)cc1. The molecule has 0 radical (unpaired) electrons. The van der Waals surface area contributed by atoms with Crippen molar-refractivity contribution in [2.75, 3.05) is 11.5 Å². The quantitative estimate of drug-likeness (QED) is 0.179. The Balaban J connectivity index is 1.41. The number of hydrogen-bond acceptors (Lipinski definition) is 3. The Morgan fingerprint density at radius 1 is 0.535 bits per heavy atom. The first-order valence-corrected chi connectivity index (χ1v) is 14.9. The van der Waals surface area contributed by atoms with E-state index in [0.717, 1.165) is 56.5 Å². The summed E-state index contributed by atoms with van der Waals surface area (Å²) in [6, 6.07) is 46.3. The van der Waals surface area contributed by atoms with Crippen LogP contribution in [0.15, 0.2) is 133 Å². The molecule has 0 amide bonds. The summed E-state index contributed by atoms with van der Waals surface area (Å²) in [5.41, 5.74) is 11.8. The van der Waals surface area contributed by atoms with E-state index in [1.54, 1.807) is 0 Å². The lowest BCUT2D eigenvalue weighted by Crippen LogP contribution is -2.09. The number of pyridine rings is 1. The summed E-state index contributed by atoms with van der Waals surface area (Å²) in [4.78, 5) is 7.34. The number of aryl methyl sites for hydroxylation is 2. The van der Waals surface area contributed by atoms with E-state index in [-0.39, 0.29) is 0 Å². The zero-order chi connectivity index (χ0) is 29.8. The minimum atomic E-state index is 0.634. The Bertz CT molecular complexity index is 1770. The maximum Gasteiger partial charge on any atom is 0.119 e. The number of ether oxygens (including phenoxy) is 1. The van der Waals surface area contributed by atoms with Gasteiger partial charge in [0.05, 0.1) is 18.0 Å². The van der Waals surface area contributed by atoms with Crippen molar-refractivity contribution in [1.29, 1.82) is 0 Å². The van der Waals surface area contributed by atoms with Crippen LogP contribution in [-0.4, -0.2) is 11.6 Å². The average molecular weight is 581 g/mol. The van der Waals surface area contributed by atoms with Crippen molar-refractivity contribution in [2.45, 2.75) is 20.8 Å². The Labute approximate surface area is 259 Å². The van der Waals surface area contributed by atoms with Crippen LogP contribution in [0.2, 0.25) is 5.02 Å². The molecular weight excluding hydrogens is 548 g/mol. The predicted molar refractivity (Wildman–Crippen MR) is 181 cm³/mol. The van der Waals surface area contributed by atoms with Crippen LogP contribution in [0.3, 0.4) is 0 Å². The highest BCUT2D eigenvalue weighted by atomic mass is 35.5. The lowest BCUT2D eigenvalue weighted by Gasteiger charge is -2.26. The average Bonchev–Trinajstić information content (AvgIpc) is 3.04. The molecule has 212 valence electrons. The van der Waals surface area contributed by atoms with Gasteiger partial charge < -0.3 is 9.64 Å². The molecule has 0 fully saturated rings. The molecular formula is C39H33ClN2O. The van der Waals surface area contributed by atoms with Crippen molar-refractivity contribution in [3.63, 3.8) is 0 Å². The second-order valence-corrected chi connectivity index (χ2v) is 11.1. The molecule has 0 atom stereocenters. The molecule has 5 aromatic carbocycles. The highest BCUT2D eigenvalue weighted by molar-refractivity contribution is 6.30. The van der Waals surface area contributed by atoms with Gasteiger partial charge in [0, 0.05) is 33.2 Å². The smallest absolute Gasteiger partial charge is 0.119 e. The van der Waals surface area contributed by atoms with Gasteiger partial charge in [-0.05, 0) is 117 Å². The Hall–Kier alpha value is -4.86. The molecule has 0 aliphatic rings. The third kappa shape index (κ3) is 6.48. The molecule has 43 heavy (non-hydrogen) atoms. The largest absolute Gasteiger partial charge is 0.494 e. The van der Waals surface area contributed by atoms with E-state index in [1.807, 2.05) is 43.3 Å². The summed E-state index contributed by atoms with van der Waals surface area (Å²) in [6.45, 7) is 6.85. The van der Waals surface area contributed by atoms with Crippen LogP contribution in [0.1, 0.15) is 18.1 Å². The summed E-state index contributed by atoms with van der Waals surface area (Å²) < 4.78 is 5.66. The fourth-order valence-corrected chi connectivity index (χ4v) is 5.27. The van der Waals surface area contributed by atoms with Gasteiger partial charge in [-0.3, -0.25) is 0 Å². The third-order valence-corrected chi connectivity index (χ3v) is 7.72. The van der Waals surface area contributed by atoms with Crippen molar-refractivity contribution in [2.24, 2.45) is 0 Å². The second kappa shape index (κ2) is 12.6. The summed E-state index contributed by atoms with van der Waals surface area (Å²) in [5.74, 6) is 0.850. The number of aromatic nitrogens is 1. The maximum absolute atomic E-state index is 6.20. The summed E-state index contributed by atoms with van der Waals surface area (Å²) in [7, 11) is 0. The van der Waals surface area contributed by atoms with Gasteiger partial charge in [0.15, 0.2) is 0 Å². The number of nitrogens with zero attached hydrogens (tertiary/aromatic N) is 2. The van der Waals surface area contributed by atoms with Crippen molar-refractivity contribution in [3.8, 4) is 39.4 Å². The van der Waals surface area contributed by atoms with E-state index in [0.29, 0.717) is 11.6 Å². The number of rotatable bonds is 8. The number of anilines is 3. The van der Waals surface area contributed by atoms with Gasteiger partial charge in [-0.2, -0.15) is 0 Å². The van der Waals surface area contributed by atoms with E-state index < -0.39 is 0 Å². The summed E-state index contributed by atoms with van der Waals surface area (Å²) in [6.07, 6.45) is 0. The second-order valence-electron chi connectivity index (χ2n) is 10.6. The molecule has 0 bridgehead atoms. The van der Waals surface area contributed by atoms with Crippen LogP contribution in [0.5, 0.6) is 5.75 Å². The Morgan fingerprint density at radius 3 is 1.42 bits per heavy atom. The van der Waals surface area contributed by atoms with Gasteiger partial charge in [0.2, 0.25) is 0 Å². The monoisotopic (exact) mass is 580 g/mol. The fourth-order valence-electron chi connectivity index (χ4n) is 5.14. The molecule has 0 spiro atoms. The number of hydrogen-bond donors (Lipinski definition) is 0. The molecule has 1 heterocycles. The summed E-state index contributed by atoms with van der Waals surface area (Å²) in [5, 5.41) is 0.703. The van der Waals surface area contributed by atoms with Gasteiger partial charge in [0.25, 0.3) is 0 Å². The van der Waals surface area contributed by atoms with E-state index in [9.17, 15) is 0 Å². The minimum absolute atomic E-state index is 0.634. The van der Waals surface area contributed by atoms with E-state index >= 15 is 0 Å². The van der Waals surface area contributed by atoms with E-state index in [2.05, 4.69) is 116 Å². The fraction of sp³-hybridized carbons (Fsp3) is 0.103. The molecule has 0 saturated carbocycles. The molecule has 0 N–H and O–H groups in total. The van der Waals surface area contributed by atoms with Gasteiger partial charge >= 0.3 is 0 Å². The van der Waals surface area contributed by atoms with Crippen LogP contribution in [0, 0.1) is 13.8 Å². The topological polar surface area (TPSA) is 25.4 Å². The molecule has 3 nitrogen and oxygen atoms in total. The molecule has 1 aromatic heterocycles. The Morgan fingerprint density at radius 2 is 0.953 bits per heavy atom. The maximum atomic E-state index is 6.20. The van der Waals surface area contributed by atoms with Gasteiger partial charge in [-0.15, -0.1) is 0 Å². The molecule has 0 unspecified atom stereocenters. The molecule has 0 saturated heterocycles. The van der Waals surface area contributed by atoms with Crippen molar-refractivity contribution < 1.29 is 4.74 Å². The molecule has 6 rings (SSSR count). The zero-order valence-electron chi connectivity index (χ0n) is 24.6. The minimum Gasteiger partial charge on any atom is -0.494 e. The summed E-state index contributed by atoms with van der Waals surface area (Å²) >= 11 is 6.20. The van der Waals surface area contributed by atoms with Crippen molar-refractivity contribution >= 4 is 28.7 Å². The van der Waals surface area contributed by atoms with Crippen LogP contribution < -0.4 is 9.64 Å². The molecule has 0 aliphatic heterocycles. The van der Waals surface area contributed by atoms with Crippen LogP contribution in [0.4, 0.5) is 17.1 Å². The Kier molecular flexibility index (Phi) is 8.26. The first-order valence-electron chi connectivity index (χ1n) is 14.5. The van der Waals surface area contributed by atoms with Crippen LogP contribution in [-0.2, 0) is 0 Å². The molecule has 4 heteroatoms. The predicted octanol–water partition coefficient (Wildman–Crippen LogP) is 11.2. The lowest BCUT2D eigenvalue weighted by molar-refractivity contribution is 0.340. The van der Waals surface area contributed by atoms with E-state index in [4.69, 9.17) is 21.3 Å². The van der Waals surface area contributed by atoms with Gasteiger partial charge in [-0.25, -0.2) is 4.98 Å². The highest BCUT2D eigenvalue weighted by Gasteiger charge is 2.14. The zero-order valence-corrected chi connectivity index (χ0v) is 25.3. The number of halogens is 1. The lowest BCUT2D eigenvalue weighted by atomic mass is 9.99. The molecule has 6 aromatic rings. The highest BCUT2D eigenvalue weighted by Crippen LogP contribution is 2.37. The van der Waals surface area contributed by atoms with Crippen LogP contribution in [0.25, 0.3) is 33.6 Å². The van der Waals surface area contributed by atoms with E-state index in [1.165, 1.54) is 11.1 Å². The van der Waals surface area contributed by atoms with Crippen molar-refractivity contribution in [3.05, 3.63) is 150 Å². The van der Waals surface area contributed by atoms with Crippen LogP contribution >= 0.6 is 11.6 Å². The molecule has 0 aliphatic carbocycles. The first kappa shape index (κ1) is 28.3. The standard InChI is InChI=1S/C39H33ClN2O/c1-4-43-37-23-13-31(14-24-37)39-26-32(25-38(41-39)30-9-15-33(40)16-10-30)29-11-21-36(22-12-29)42(34-17-5-27(2)6-18-34)35-19-7-28(3)8-20-35/h5-26H,4H2,1-3H3. The number of benzene rings is 5.